The molecule has 0 bridgehead atoms. The van der Waals surface area contributed by atoms with Crippen molar-refractivity contribution in [3.63, 3.8) is 0 Å². The predicted molar refractivity (Wildman–Crippen MR) is 47.2 cm³/mol. The van der Waals surface area contributed by atoms with Gasteiger partial charge in [0, 0.05) is 6.07 Å². The number of anilines is 1. The lowest BCUT2D eigenvalue weighted by Crippen LogP contribution is -2.09. The van der Waals surface area contributed by atoms with E-state index in [1.165, 1.54) is 0 Å². The van der Waals surface area contributed by atoms with E-state index < -0.39 is 40.1 Å². The lowest BCUT2D eigenvalue weighted by molar-refractivity contribution is -0.388. The molecule has 86 valence electrons. The molecule has 0 radical (unpaired) electrons. The van der Waals surface area contributed by atoms with Crippen molar-refractivity contribution < 1.29 is 23.6 Å². The molecule has 0 fully saturated rings. The van der Waals surface area contributed by atoms with Crippen LogP contribution in [0.3, 0.4) is 0 Å². The SMILES string of the molecule is Nc1c(C(F)F)cc(C(=O)O)nc1[N+](=O)[O-]. The van der Waals surface area contributed by atoms with Crippen LogP contribution in [0.2, 0.25) is 0 Å². The Morgan fingerprint density at radius 1 is 1.62 bits per heavy atom. The number of carboxylic acid groups (broad SMARTS) is 1. The summed E-state index contributed by atoms with van der Waals surface area (Å²) in [5.41, 5.74) is 2.48. The third-order valence-corrected chi connectivity index (χ3v) is 1.70. The van der Waals surface area contributed by atoms with Crippen molar-refractivity contribution in [2.45, 2.75) is 6.43 Å². The molecule has 1 heterocycles. The van der Waals surface area contributed by atoms with Crippen molar-refractivity contribution in [1.29, 1.82) is 0 Å². The maximum Gasteiger partial charge on any atom is 0.388 e. The zero-order valence-corrected chi connectivity index (χ0v) is 7.55. The molecule has 9 heteroatoms. The van der Waals surface area contributed by atoms with E-state index in [9.17, 15) is 23.7 Å². The number of alkyl halides is 2. The van der Waals surface area contributed by atoms with Gasteiger partial charge in [-0.2, -0.15) is 0 Å². The Kier molecular flexibility index (Phi) is 2.97. The van der Waals surface area contributed by atoms with E-state index >= 15 is 0 Å². The zero-order valence-electron chi connectivity index (χ0n) is 7.55. The van der Waals surface area contributed by atoms with Gasteiger partial charge in [-0.25, -0.2) is 13.6 Å². The molecular formula is C7H5F2N3O4. The molecule has 7 nitrogen and oxygen atoms in total. The molecule has 0 saturated heterocycles. The Morgan fingerprint density at radius 3 is 2.56 bits per heavy atom. The lowest BCUT2D eigenvalue weighted by Gasteiger charge is -2.04. The molecular weight excluding hydrogens is 228 g/mol. The van der Waals surface area contributed by atoms with Crippen molar-refractivity contribution in [2.75, 3.05) is 5.73 Å². The number of hydrogen-bond donors (Lipinski definition) is 2. The minimum absolute atomic E-state index is 0.509. The summed E-state index contributed by atoms with van der Waals surface area (Å²) in [6.45, 7) is 0. The predicted octanol–water partition coefficient (Wildman–Crippen LogP) is 1.21. The average Bonchev–Trinajstić information content (AvgIpc) is 2.16. The molecule has 0 atom stereocenters. The van der Waals surface area contributed by atoms with Gasteiger partial charge in [0.05, 0.1) is 5.56 Å². The minimum atomic E-state index is -3.11. The molecule has 0 spiro atoms. The molecule has 1 rings (SSSR count). The highest BCUT2D eigenvalue weighted by atomic mass is 19.3. The number of hydrogen-bond acceptors (Lipinski definition) is 5. The smallest absolute Gasteiger partial charge is 0.388 e. The van der Waals surface area contributed by atoms with E-state index in [-0.39, 0.29) is 0 Å². The molecule has 1 aromatic heterocycles. The first-order valence-corrected chi connectivity index (χ1v) is 3.80. The van der Waals surface area contributed by atoms with E-state index in [4.69, 9.17) is 10.8 Å². The lowest BCUT2D eigenvalue weighted by atomic mass is 10.2. The van der Waals surface area contributed by atoms with Crippen molar-refractivity contribution in [3.05, 3.63) is 27.4 Å². The maximum atomic E-state index is 12.4. The second-order valence-corrected chi connectivity index (χ2v) is 2.70. The van der Waals surface area contributed by atoms with Crippen LogP contribution in [0.1, 0.15) is 22.5 Å². The molecule has 0 aliphatic rings. The van der Waals surface area contributed by atoms with E-state index in [0.717, 1.165) is 0 Å². The van der Waals surface area contributed by atoms with Crippen LogP contribution in [0.4, 0.5) is 20.3 Å². The molecule has 0 aliphatic carbocycles. The first kappa shape index (κ1) is 11.8. The van der Waals surface area contributed by atoms with Crippen LogP contribution in [-0.2, 0) is 0 Å². The summed E-state index contributed by atoms with van der Waals surface area (Å²) < 4.78 is 24.8. The summed E-state index contributed by atoms with van der Waals surface area (Å²) in [6, 6.07) is 0.509. The Bertz CT molecular complexity index is 463. The molecule has 1 aromatic rings. The van der Waals surface area contributed by atoms with Gasteiger partial charge in [0.2, 0.25) is 0 Å². The number of aromatic carboxylic acids is 1. The Hall–Kier alpha value is -2.32. The van der Waals surface area contributed by atoms with E-state index in [1.807, 2.05) is 0 Å². The number of pyridine rings is 1. The maximum absolute atomic E-state index is 12.4. The first-order valence-electron chi connectivity index (χ1n) is 3.80. The van der Waals surface area contributed by atoms with Crippen molar-refractivity contribution in [2.24, 2.45) is 0 Å². The van der Waals surface area contributed by atoms with Gasteiger partial charge in [-0.05, 0) is 9.91 Å². The summed E-state index contributed by atoms with van der Waals surface area (Å²) in [7, 11) is 0. The fraction of sp³-hybridized carbons (Fsp3) is 0.143. The minimum Gasteiger partial charge on any atom is -0.475 e. The van der Waals surface area contributed by atoms with Gasteiger partial charge in [-0.3, -0.25) is 0 Å². The molecule has 0 aromatic carbocycles. The van der Waals surface area contributed by atoms with Gasteiger partial charge in [0.1, 0.15) is 5.69 Å². The Labute approximate surface area is 86.7 Å². The van der Waals surface area contributed by atoms with Gasteiger partial charge in [0.15, 0.2) is 0 Å². The largest absolute Gasteiger partial charge is 0.475 e. The fourth-order valence-corrected chi connectivity index (χ4v) is 0.990. The second-order valence-electron chi connectivity index (χ2n) is 2.70. The summed E-state index contributed by atoms with van der Waals surface area (Å²) in [5.74, 6) is -2.74. The number of carboxylic acids is 1. The summed E-state index contributed by atoms with van der Waals surface area (Å²) in [5, 5.41) is 18.9. The topological polar surface area (TPSA) is 119 Å². The number of aromatic nitrogens is 1. The Morgan fingerprint density at radius 2 is 2.19 bits per heavy atom. The third-order valence-electron chi connectivity index (χ3n) is 1.70. The average molecular weight is 233 g/mol. The number of nitrogen functional groups attached to an aromatic ring is 1. The quantitative estimate of drug-likeness (QED) is 0.598. The van der Waals surface area contributed by atoms with Gasteiger partial charge < -0.3 is 21.0 Å². The molecule has 0 saturated carbocycles. The molecule has 3 N–H and O–H groups in total. The van der Waals surface area contributed by atoms with Crippen LogP contribution in [-0.4, -0.2) is 21.0 Å². The summed E-state index contributed by atoms with van der Waals surface area (Å²) >= 11 is 0. The number of nitrogens with zero attached hydrogens (tertiary/aromatic N) is 2. The normalized spacial score (nSPS) is 10.4. The van der Waals surface area contributed by atoms with E-state index in [0.29, 0.717) is 6.07 Å². The van der Waals surface area contributed by atoms with Gasteiger partial charge in [-0.15, -0.1) is 0 Å². The van der Waals surface area contributed by atoms with Crippen molar-refractivity contribution in [3.8, 4) is 0 Å². The standard InChI is InChI=1S/C7H5F2N3O4/c8-5(9)2-1-3(7(13)14)11-6(4(2)10)12(15)16/h1,5H,10H2,(H,13,14). The molecule has 0 unspecified atom stereocenters. The van der Waals surface area contributed by atoms with Gasteiger partial charge in [-0.1, -0.05) is 0 Å². The fourth-order valence-electron chi connectivity index (χ4n) is 0.990. The number of halogens is 2. The van der Waals surface area contributed by atoms with Gasteiger partial charge >= 0.3 is 11.8 Å². The number of nitro groups is 1. The number of nitrogens with two attached hydrogens (primary N) is 1. The van der Waals surface area contributed by atoms with Crippen LogP contribution in [0.25, 0.3) is 0 Å². The van der Waals surface area contributed by atoms with Gasteiger partial charge in [0.25, 0.3) is 12.1 Å². The van der Waals surface area contributed by atoms with Crippen molar-refractivity contribution >= 4 is 17.5 Å². The second kappa shape index (κ2) is 4.04. The third kappa shape index (κ3) is 2.02. The molecule has 0 amide bonds. The highest BCUT2D eigenvalue weighted by molar-refractivity contribution is 5.87. The number of carbonyl (C=O) groups is 1. The highest BCUT2D eigenvalue weighted by Gasteiger charge is 2.27. The van der Waals surface area contributed by atoms with Crippen molar-refractivity contribution in [1.82, 2.24) is 4.98 Å². The highest BCUT2D eigenvalue weighted by Crippen LogP contribution is 2.31. The molecule has 16 heavy (non-hydrogen) atoms. The zero-order chi connectivity index (χ0) is 12.5. The molecule has 0 aliphatic heterocycles. The number of rotatable bonds is 3. The van der Waals surface area contributed by atoms with E-state index in [2.05, 4.69) is 4.98 Å². The first-order chi connectivity index (χ1) is 7.34. The van der Waals surface area contributed by atoms with Crippen LogP contribution in [0.5, 0.6) is 0 Å². The van der Waals surface area contributed by atoms with Crippen LogP contribution in [0, 0.1) is 10.1 Å². The monoisotopic (exact) mass is 233 g/mol. The van der Waals surface area contributed by atoms with Crippen LogP contribution >= 0.6 is 0 Å². The summed E-state index contributed by atoms with van der Waals surface area (Å²) in [4.78, 5) is 22.8. The Balaban J connectivity index is 3.51. The van der Waals surface area contributed by atoms with Crippen LogP contribution < -0.4 is 5.73 Å². The van der Waals surface area contributed by atoms with E-state index in [1.54, 1.807) is 0 Å². The summed E-state index contributed by atoms with van der Waals surface area (Å²) in [6.07, 6.45) is -3.11. The van der Waals surface area contributed by atoms with Crippen LogP contribution in [0.15, 0.2) is 6.07 Å².